The average Bonchev–Trinajstić information content (AvgIpc) is 2.06. The molecule has 1 aromatic rings. The van der Waals surface area contributed by atoms with E-state index < -0.39 is 7.12 Å². The molecule has 0 saturated carbocycles. The summed E-state index contributed by atoms with van der Waals surface area (Å²) >= 11 is 0. The summed E-state index contributed by atoms with van der Waals surface area (Å²) in [5, 5.41) is 9.09. The Morgan fingerprint density at radius 2 is 2.00 bits per heavy atom. The van der Waals surface area contributed by atoms with Crippen molar-refractivity contribution < 1.29 is 9.68 Å². The molecule has 0 radical (unpaired) electrons. The van der Waals surface area contributed by atoms with Crippen LogP contribution in [0.5, 0.6) is 5.75 Å². The highest BCUT2D eigenvalue weighted by molar-refractivity contribution is 6.43. The van der Waals surface area contributed by atoms with Gasteiger partial charge < -0.3 is 9.68 Å². The third-order valence-electron chi connectivity index (χ3n) is 1.36. The zero-order valence-electron chi connectivity index (χ0n) is 6.53. The first-order valence-corrected chi connectivity index (χ1v) is 3.72. The molecule has 11 heavy (non-hydrogen) atoms. The molecular weight excluding hydrogens is 139 g/mol. The Bertz CT molecular complexity index is 201. The number of benzene rings is 1. The standard InChI is InChI=1S/C8H11BO2/c1-2-9(10)11-8-6-4-3-5-7-8/h3-7,10H,2H2,1H3. The lowest BCUT2D eigenvalue weighted by Gasteiger charge is -2.06. The van der Waals surface area contributed by atoms with E-state index in [4.69, 9.17) is 9.68 Å². The van der Waals surface area contributed by atoms with E-state index in [1.807, 2.05) is 37.3 Å². The lowest BCUT2D eigenvalue weighted by atomic mass is 9.87. The summed E-state index contributed by atoms with van der Waals surface area (Å²) in [6.45, 7) is 1.87. The van der Waals surface area contributed by atoms with E-state index in [9.17, 15) is 0 Å². The second-order valence-corrected chi connectivity index (χ2v) is 2.29. The quantitative estimate of drug-likeness (QED) is 0.662. The molecule has 0 aliphatic heterocycles. The lowest BCUT2D eigenvalue weighted by Crippen LogP contribution is -2.19. The average molecular weight is 150 g/mol. The number of hydrogen-bond donors (Lipinski definition) is 1. The fraction of sp³-hybridized carbons (Fsp3) is 0.250. The fourth-order valence-electron chi connectivity index (χ4n) is 0.739. The van der Waals surface area contributed by atoms with Gasteiger partial charge in [-0.3, -0.25) is 0 Å². The van der Waals surface area contributed by atoms with Gasteiger partial charge in [-0.15, -0.1) is 0 Å². The van der Waals surface area contributed by atoms with Gasteiger partial charge in [0, 0.05) is 0 Å². The van der Waals surface area contributed by atoms with Gasteiger partial charge in [-0.05, 0) is 18.5 Å². The van der Waals surface area contributed by atoms with Crippen molar-refractivity contribution in [1.29, 1.82) is 0 Å². The maximum Gasteiger partial charge on any atom is 0.522 e. The van der Waals surface area contributed by atoms with Crippen LogP contribution < -0.4 is 4.65 Å². The van der Waals surface area contributed by atoms with Crippen LogP contribution in [0.2, 0.25) is 6.32 Å². The second kappa shape index (κ2) is 4.03. The molecule has 1 rings (SSSR count). The van der Waals surface area contributed by atoms with E-state index in [0.717, 1.165) is 0 Å². The molecule has 0 bridgehead atoms. The Hall–Kier alpha value is -0.955. The van der Waals surface area contributed by atoms with E-state index >= 15 is 0 Å². The molecule has 58 valence electrons. The Kier molecular flexibility index (Phi) is 2.99. The maximum atomic E-state index is 9.09. The van der Waals surface area contributed by atoms with E-state index in [2.05, 4.69) is 0 Å². The summed E-state index contributed by atoms with van der Waals surface area (Å²) in [7, 11) is -0.683. The number of para-hydroxylation sites is 1. The molecule has 0 saturated heterocycles. The van der Waals surface area contributed by atoms with Crippen LogP contribution in [0.1, 0.15) is 6.92 Å². The van der Waals surface area contributed by atoms with Gasteiger partial charge in [0.2, 0.25) is 0 Å². The van der Waals surface area contributed by atoms with Gasteiger partial charge in [-0.1, -0.05) is 25.1 Å². The van der Waals surface area contributed by atoms with Gasteiger partial charge in [0.25, 0.3) is 0 Å². The van der Waals surface area contributed by atoms with Crippen LogP contribution in [-0.2, 0) is 0 Å². The second-order valence-electron chi connectivity index (χ2n) is 2.29. The number of hydrogen-bond acceptors (Lipinski definition) is 2. The highest BCUT2D eigenvalue weighted by Gasteiger charge is 2.10. The van der Waals surface area contributed by atoms with E-state index in [-0.39, 0.29) is 0 Å². The van der Waals surface area contributed by atoms with Gasteiger partial charge in [0.15, 0.2) is 0 Å². The topological polar surface area (TPSA) is 29.5 Å². The molecular formula is C8H11BO2. The van der Waals surface area contributed by atoms with Crippen LogP contribution in [0.15, 0.2) is 30.3 Å². The van der Waals surface area contributed by atoms with Gasteiger partial charge in [-0.25, -0.2) is 0 Å². The monoisotopic (exact) mass is 150 g/mol. The minimum Gasteiger partial charge on any atom is -0.536 e. The van der Waals surface area contributed by atoms with Crippen molar-refractivity contribution in [3.63, 3.8) is 0 Å². The summed E-state index contributed by atoms with van der Waals surface area (Å²) in [6, 6.07) is 9.29. The van der Waals surface area contributed by atoms with Crippen molar-refractivity contribution in [3.8, 4) is 5.75 Å². The van der Waals surface area contributed by atoms with Crippen molar-refractivity contribution in [3.05, 3.63) is 30.3 Å². The molecule has 1 aromatic carbocycles. The molecule has 0 aromatic heterocycles. The molecule has 0 atom stereocenters. The maximum absolute atomic E-state index is 9.09. The van der Waals surface area contributed by atoms with E-state index in [1.54, 1.807) is 0 Å². The van der Waals surface area contributed by atoms with Crippen molar-refractivity contribution in [1.82, 2.24) is 0 Å². The summed E-state index contributed by atoms with van der Waals surface area (Å²) in [5.41, 5.74) is 0. The zero-order chi connectivity index (χ0) is 8.10. The van der Waals surface area contributed by atoms with Crippen molar-refractivity contribution in [2.45, 2.75) is 13.2 Å². The largest absolute Gasteiger partial charge is 0.536 e. The first kappa shape index (κ1) is 8.14. The molecule has 0 amide bonds. The molecule has 0 fully saturated rings. The van der Waals surface area contributed by atoms with Crippen molar-refractivity contribution in [2.24, 2.45) is 0 Å². The third-order valence-corrected chi connectivity index (χ3v) is 1.36. The van der Waals surface area contributed by atoms with Gasteiger partial charge in [-0.2, -0.15) is 0 Å². The fourth-order valence-corrected chi connectivity index (χ4v) is 0.739. The van der Waals surface area contributed by atoms with Crippen LogP contribution in [0.3, 0.4) is 0 Å². The molecule has 0 aliphatic carbocycles. The molecule has 3 heteroatoms. The summed E-state index contributed by atoms with van der Waals surface area (Å²) < 4.78 is 5.12. The summed E-state index contributed by atoms with van der Waals surface area (Å²) in [4.78, 5) is 0. The Morgan fingerprint density at radius 1 is 1.36 bits per heavy atom. The SMILES string of the molecule is CCB(O)Oc1ccccc1. The minimum absolute atomic E-state index is 0.606. The molecule has 0 unspecified atom stereocenters. The summed E-state index contributed by atoms with van der Waals surface area (Å²) in [5.74, 6) is 0.710. The van der Waals surface area contributed by atoms with Gasteiger partial charge in [0.05, 0.1) is 0 Å². The van der Waals surface area contributed by atoms with Crippen LogP contribution in [-0.4, -0.2) is 12.1 Å². The van der Waals surface area contributed by atoms with Gasteiger partial charge >= 0.3 is 7.12 Å². The first-order chi connectivity index (χ1) is 5.33. The Labute approximate surface area is 67.0 Å². The van der Waals surface area contributed by atoms with Crippen molar-refractivity contribution >= 4 is 7.12 Å². The first-order valence-electron chi connectivity index (χ1n) is 3.72. The number of rotatable bonds is 3. The van der Waals surface area contributed by atoms with Crippen LogP contribution in [0.25, 0.3) is 0 Å². The highest BCUT2D eigenvalue weighted by atomic mass is 16.5. The predicted molar refractivity (Wildman–Crippen MR) is 45.5 cm³/mol. The summed E-state index contributed by atoms with van der Waals surface area (Å²) in [6.07, 6.45) is 0.606. The predicted octanol–water partition coefficient (Wildman–Crippen LogP) is 1.57. The molecule has 0 aliphatic rings. The van der Waals surface area contributed by atoms with Crippen LogP contribution >= 0.6 is 0 Å². The molecule has 2 nitrogen and oxygen atoms in total. The molecule has 1 N–H and O–H groups in total. The zero-order valence-corrected chi connectivity index (χ0v) is 6.53. The van der Waals surface area contributed by atoms with E-state index in [1.165, 1.54) is 0 Å². The smallest absolute Gasteiger partial charge is 0.522 e. The Balaban J connectivity index is 2.51. The van der Waals surface area contributed by atoms with Gasteiger partial charge in [0.1, 0.15) is 5.75 Å². The third kappa shape index (κ3) is 2.64. The Morgan fingerprint density at radius 3 is 2.55 bits per heavy atom. The van der Waals surface area contributed by atoms with Crippen molar-refractivity contribution in [2.75, 3.05) is 0 Å². The van der Waals surface area contributed by atoms with E-state index in [0.29, 0.717) is 12.1 Å². The van der Waals surface area contributed by atoms with Crippen LogP contribution in [0.4, 0.5) is 0 Å². The minimum atomic E-state index is -0.683. The lowest BCUT2D eigenvalue weighted by molar-refractivity contribution is 0.416. The molecule has 0 heterocycles. The van der Waals surface area contributed by atoms with Crippen LogP contribution in [0, 0.1) is 0 Å². The normalized spacial score (nSPS) is 9.27. The highest BCUT2D eigenvalue weighted by Crippen LogP contribution is 2.09. The molecule has 0 spiro atoms.